The van der Waals surface area contributed by atoms with E-state index in [4.69, 9.17) is 0 Å². The second kappa shape index (κ2) is 6.24. The molecular formula is C13H25NO2. The van der Waals surface area contributed by atoms with Crippen molar-refractivity contribution in [3.05, 3.63) is 0 Å². The molecule has 94 valence electrons. The highest BCUT2D eigenvalue weighted by Crippen LogP contribution is 2.28. The quantitative estimate of drug-likeness (QED) is 0.710. The summed E-state index contributed by atoms with van der Waals surface area (Å²) in [6, 6.07) is 0.305. The number of carboxylic acids is 1. The van der Waals surface area contributed by atoms with E-state index < -0.39 is 11.5 Å². The summed E-state index contributed by atoms with van der Waals surface area (Å²) in [6.07, 6.45) is 8.17. The first-order valence-electron chi connectivity index (χ1n) is 6.62. The fraction of sp³-hybridized carbons (Fsp3) is 0.923. The molecule has 1 unspecified atom stereocenters. The van der Waals surface area contributed by atoms with E-state index in [0.717, 1.165) is 38.5 Å². The maximum absolute atomic E-state index is 11.5. The van der Waals surface area contributed by atoms with Crippen LogP contribution in [0.5, 0.6) is 0 Å². The second-order valence-corrected chi connectivity index (χ2v) is 5.14. The monoisotopic (exact) mass is 227 g/mol. The van der Waals surface area contributed by atoms with Crippen LogP contribution in [0.4, 0.5) is 0 Å². The SMILES string of the molecule is CCCC(C)NC1(C(=O)O)CCCCCC1. The molecule has 2 N–H and O–H groups in total. The minimum absolute atomic E-state index is 0.305. The van der Waals surface area contributed by atoms with E-state index in [1.54, 1.807) is 0 Å². The Morgan fingerprint density at radius 1 is 1.31 bits per heavy atom. The maximum Gasteiger partial charge on any atom is 0.323 e. The van der Waals surface area contributed by atoms with Crippen LogP contribution >= 0.6 is 0 Å². The van der Waals surface area contributed by atoms with E-state index in [-0.39, 0.29) is 0 Å². The van der Waals surface area contributed by atoms with Gasteiger partial charge in [-0.2, -0.15) is 0 Å². The molecule has 0 spiro atoms. The van der Waals surface area contributed by atoms with Gasteiger partial charge in [0.1, 0.15) is 5.54 Å². The van der Waals surface area contributed by atoms with Crippen LogP contribution < -0.4 is 5.32 Å². The van der Waals surface area contributed by atoms with Gasteiger partial charge in [-0.1, -0.05) is 39.0 Å². The van der Waals surface area contributed by atoms with E-state index in [2.05, 4.69) is 19.2 Å². The van der Waals surface area contributed by atoms with Crippen molar-refractivity contribution in [2.45, 2.75) is 76.8 Å². The highest BCUT2D eigenvalue weighted by molar-refractivity contribution is 5.78. The standard InChI is InChI=1S/C13H25NO2/c1-3-8-11(2)14-13(12(15)16)9-6-4-5-7-10-13/h11,14H,3-10H2,1-2H3,(H,15,16). The Labute approximate surface area is 98.6 Å². The predicted molar refractivity (Wildman–Crippen MR) is 65.6 cm³/mol. The minimum Gasteiger partial charge on any atom is -0.480 e. The third kappa shape index (κ3) is 3.48. The van der Waals surface area contributed by atoms with E-state index in [1.807, 2.05) is 0 Å². The summed E-state index contributed by atoms with van der Waals surface area (Å²) in [6.45, 7) is 4.23. The first kappa shape index (κ1) is 13.5. The number of hydrogen-bond acceptors (Lipinski definition) is 2. The van der Waals surface area contributed by atoms with Gasteiger partial charge in [-0.25, -0.2) is 0 Å². The maximum atomic E-state index is 11.5. The highest BCUT2D eigenvalue weighted by atomic mass is 16.4. The molecule has 0 saturated heterocycles. The summed E-state index contributed by atoms with van der Waals surface area (Å²) in [7, 11) is 0. The van der Waals surface area contributed by atoms with E-state index in [0.29, 0.717) is 6.04 Å². The van der Waals surface area contributed by atoms with Gasteiger partial charge in [-0.05, 0) is 26.2 Å². The van der Waals surface area contributed by atoms with Gasteiger partial charge in [-0.15, -0.1) is 0 Å². The van der Waals surface area contributed by atoms with Crippen LogP contribution in [0.25, 0.3) is 0 Å². The molecule has 0 bridgehead atoms. The summed E-state index contributed by atoms with van der Waals surface area (Å²) < 4.78 is 0. The minimum atomic E-state index is -0.655. The van der Waals surface area contributed by atoms with Crippen LogP contribution in [0.15, 0.2) is 0 Å². The van der Waals surface area contributed by atoms with Gasteiger partial charge in [0.15, 0.2) is 0 Å². The summed E-state index contributed by atoms with van der Waals surface area (Å²) in [5.41, 5.74) is -0.648. The number of hydrogen-bond donors (Lipinski definition) is 2. The Kier molecular flexibility index (Phi) is 5.26. The molecular weight excluding hydrogens is 202 g/mol. The topological polar surface area (TPSA) is 49.3 Å². The molecule has 1 aliphatic rings. The van der Waals surface area contributed by atoms with Gasteiger partial charge in [0.2, 0.25) is 0 Å². The first-order chi connectivity index (χ1) is 7.60. The molecule has 0 radical (unpaired) electrons. The number of nitrogens with one attached hydrogen (secondary N) is 1. The summed E-state index contributed by atoms with van der Waals surface area (Å²) in [5.74, 6) is -0.655. The lowest BCUT2D eigenvalue weighted by molar-refractivity contribution is -0.146. The number of carboxylic acid groups (broad SMARTS) is 1. The molecule has 1 rings (SSSR count). The summed E-state index contributed by atoms with van der Waals surface area (Å²) >= 11 is 0. The second-order valence-electron chi connectivity index (χ2n) is 5.14. The fourth-order valence-corrected chi connectivity index (χ4v) is 2.73. The molecule has 0 aromatic heterocycles. The Balaban J connectivity index is 2.66. The molecule has 1 atom stereocenters. The van der Waals surface area contributed by atoms with Gasteiger partial charge < -0.3 is 5.11 Å². The zero-order valence-corrected chi connectivity index (χ0v) is 10.6. The van der Waals surface area contributed by atoms with Gasteiger partial charge in [-0.3, -0.25) is 10.1 Å². The van der Waals surface area contributed by atoms with Crippen molar-refractivity contribution in [1.29, 1.82) is 0 Å². The van der Waals surface area contributed by atoms with E-state index in [9.17, 15) is 9.90 Å². The van der Waals surface area contributed by atoms with Gasteiger partial charge in [0.05, 0.1) is 0 Å². The van der Waals surface area contributed by atoms with Gasteiger partial charge >= 0.3 is 5.97 Å². The lowest BCUT2D eigenvalue weighted by Crippen LogP contribution is -2.55. The van der Waals surface area contributed by atoms with Gasteiger partial charge in [0.25, 0.3) is 0 Å². The van der Waals surface area contributed by atoms with Gasteiger partial charge in [0, 0.05) is 6.04 Å². The lowest BCUT2D eigenvalue weighted by atomic mass is 9.89. The molecule has 16 heavy (non-hydrogen) atoms. The average Bonchev–Trinajstić information content (AvgIpc) is 2.44. The van der Waals surface area contributed by atoms with E-state index in [1.165, 1.54) is 12.8 Å². The molecule has 1 saturated carbocycles. The summed E-state index contributed by atoms with van der Waals surface area (Å²) in [5, 5.41) is 12.8. The Morgan fingerprint density at radius 3 is 2.31 bits per heavy atom. The zero-order chi connectivity index (χ0) is 12.0. The molecule has 0 aliphatic heterocycles. The predicted octanol–water partition coefficient (Wildman–Crippen LogP) is 2.94. The smallest absolute Gasteiger partial charge is 0.323 e. The van der Waals surface area contributed by atoms with E-state index >= 15 is 0 Å². The average molecular weight is 227 g/mol. The molecule has 0 aromatic rings. The third-order valence-corrected chi connectivity index (χ3v) is 3.61. The molecule has 0 heterocycles. The molecule has 0 amide bonds. The Bertz CT molecular complexity index is 220. The van der Waals surface area contributed by atoms with Crippen LogP contribution in [0.1, 0.15) is 65.2 Å². The van der Waals surface area contributed by atoms with Crippen LogP contribution in [0, 0.1) is 0 Å². The van der Waals surface area contributed by atoms with Crippen molar-refractivity contribution in [2.24, 2.45) is 0 Å². The van der Waals surface area contributed by atoms with Crippen molar-refractivity contribution in [3.63, 3.8) is 0 Å². The van der Waals surface area contributed by atoms with Crippen molar-refractivity contribution in [1.82, 2.24) is 5.32 Å². The molecule has 0 aromatic carbocycles. The van der Waals surface area contributed by atoms with Crippen LogP contribution in [-0.4, -0.2) is 22.7 Å². The van der Waals surface area contributed by atoms with Crippen molar-refractivity contribution in [2.75, 3.05) is 0 Å². The lowest BCUT2D eigenvalue weighted by Gasteiger charge is -2.32. The molecule has 1 aliphatic carbocycles. The molecule has 1 fully saturated rings. The van der Waals surface area contributed by atoms with Crippen LogP contribution in [0.2, 0.25) is 0 Å². The fourth-order valence-electron chi connectivity index (χ4n) is 2.73. The third-order valence-electron chi connectivity index (χ3n) is 3.61. The zero-order valence-electron chi connectivity index (χ0n) is 10.6. The molecule has 3 heteroatoms. The number of aliphatic carboxylic acids is 1. The van der Waals surface area contributed by atoms with Crippen molar-refractivity contribution in [3.8, 4) is 0 Å². The van der Waals surface area contributed by atoms with Crippen LogP contribution in [-0.2, 0) is 4.79 Å². The highest BCUT2D eigenvalue weighted by Gasteiger charge is 2.39. The number of rotatable bonds is 5. The van der Waals surface area contributed by atoms with Crippen LogP contribution in [0.3, 0.4) is 0 Å². The summed E-state index contributed by atoms with van der Waals surface area (Å²) in [4.78, 5) is 11.5. The van der Waals surface area contributed by atoms with Crippen molar-refractivity contribution < 1.29 is 9.90 Å². The largest absolute Gasteiger partial charge is 0.480 e. The Hall–Kier alpha value is -0.570. The molecule has 3 nitrogen and oxygen atoms in total. The first-order valence-corrected chi connectivity index (χ1v) is 6.62. The Morgan fingerprint density at radius 2 is 1.88 bits per heavy atom. The normalized spacial score (nSPS) is 22.4. The van der Waals surface area contributed by atoms with Crippen molar-refractivity contribution >= 4 is 5.97 Å². The number of carbonyl (C=O) groups is 1.